The molecule has 96 valence electrons. The molecule has 0 saturated heterocycles. The van der Waals surface area contributed by atoms with E-state index in [1.807, 2.05) is 0 Å². The zero-order valence-electron chi connectivity index (χ0n) is 9.87. The third-order valence-corrected chi connectivity index (χ3v) is 4.77. The maximum Gasteiger partial charge on any atom is 0.244 e. The lowest BCUT2D eigenvalue weighted by molar-refractivity contribution is 0.443. The summed E-state index contributed by atoms with van der Waals surface area (Å²) < 4.78 is 39.7. The summed E-state index contributed by atoms with van der Waals surface area (Å²) in [7, 11) is -3.90. The molecule has 0 aliphatic heterocycles. The standard InChI is InChI=1S/C11H15ClFNO2S/c1-8(12)11(2,3)14-17(15,16)10-7-5-4-6-9(10)13/h4-8,14H,1-3H3. The van der Waals surface area contributed by atoms with Crippen LogP contribution >= 0.6 is 11.6 Å². The Morgan fingerprint density at radius 2 is 1.88 bits per heavy atom. The average Bonchev–Trinajstić information content (AvgIpc) is 2.16. The van der Waals surface area contributed by atoms with E-state index in [0.29, 0.717) is 0 Å². The fraction of sp³-hybridized carbons (Fsp3) is 0.455. The largest absolute Gasteiger partial charge is 0.244 e. The maximum atomic E-state index is 13.4. The molecule has 0 saturated carbocycles. The average molecular weight is 280 g/mol. The number of rotatable bonds is 4. The molecule has 1 aromatic carbocycles. The van der Waals surface area contributed by atoms with Gasteiger partial charge in [-0.25, -0.2) is 17.5 Å². The molecule has 1 rings (SSSR count). The first kappa shape index (κ1) is 14.4. The van der Waals surface area contributed by atoms with Crippen molar-refractivity contribution in [3.05, 3.63) is 30.1 Å². The minimum Gasteiger partial charge on any atom is -0.207 e. The molecule has 1 N–H and O–H groups in total. The van der Waals surface area contributed by atoms with Crippen molar-refractivity contribution in [2.45, 2.75) is 36.6 Å². The number of hydrogen-bond acceptors (Lipinski definition) is 2. The van der Waals surface area contributed by atoms with E-state index >= 15 is 0 Å². The molecule has 0 fully saturated rings. The monoisotopic (exact) mass is 279 g/mol. The van der Waals surface area contributed by atoms with Gasteiger partial charge in [-0.2, -0.15) is 0 Å². The zero-order valence-corrected chi connectivity index (χ0v) is 11.4. The van der Waals surface area contributed by atoms with E-state index in [1.54, 1.807) is 20.8 Å². The van der Waals surface area contributed by atoms with Gasteiger partial charge in [0, 0.05) is 10.9 Å². The van der Waals surface area contributed by atoms with Gasteiger partial charge in [-0.05, 0) is 32.9 Å². The molecule has 1 aromatic rings. The van der Waals surface area contributed by atoms with Gasteiger partial charge >= 0.3 is 0 Å². The summed E-state index contributed by atoms with van der Waals surface area (Å²) in [6.07, 6.45) is 0. The van der Waals surface area contributed by atoms with Crippen LogP contribution in [-0.2, 0) is 10.0 Å². The van der Waals surface area contributed by atoms with Gasteiger partial charge in [0.15, 0.2) is 0 Å². The molecule has 0 spiro atoms. The second-order valence-electron chi connectivity index (χ2n) is 4.37. The molecule has 0 bridgehead atoms. The summed E-state index contributed by atoms with van der Waals surface area (Å²) in [4.78, 5) is -0.370. The Labute approximate surface area is 106 Å². The van der Waals surface area contributed by atoms with Crippen LogP contribution < -0.4 is 4.72 Å². The summed E-state index contributed by atoms with van der Waals surface area (Å²) in [5.74, 6) is -0.780. The highest BCUT2D eigenvalue weighted by atomic mass is 35.5. The van der Waals surface area contributed by atoms with E-state index in [4.69, 9.17) is 11.6 Å². The van der Waals surface area contributed by atoms with E-state index in [2.05, 4.69) is 4.72 Å². The molecular formula is C11H15ClFNO2S. The van der Waals surface area contributed by atoms with Gasteiger partial charge in [-0.1, -0.05) is 12.1 Å². The molecule has 0 aromatic heterocycles. The smallest absolute Gasteiger partial charge is 0.207 e. The Balaban J connectivity index is 3.11. The lowest BCUT2D eigenvalue weighted by Crippen LogP contribution is -2.49. The summed E-state index contributed by atoms with van der Waals surface area (Å²) in [6.45, 7) is 4.96. The van der Waals surface area contributed by atoms with Crippen molar-refractivity contribution in [3.8, 4) is 0 Å². The summed E-state index contributed by atoms with van der Waals surface area (Å²) in [6, 6.07) is 5.22. The number of benzene rings is 1. The summed E-state index contributed by atoms with van der Waals surface area (Å²) in [5, 5.41) is -0.427. The minimum atomic E-state index is -3.90. The fourth-order valence-corrected chi connectivity index (χ4v) is 2.83. The fourth-order valence-electron chi connectivity index (χ4n) is 1.15. The van der Waals surface area contributed by atoms with E-state index in [0.717, 1.165) is 6.07 Å². The molecule has 3 nitrogen and oxygen atoms in total. The highest BCUT2D eigenvalue weighted by molar-refractivity contribution is 7.89. The van der Waals surface area contributed by atoms with E-state index in [-0.39, 0.29) is 4.90 Å². The van der Waals surface area contributed by atoms with Crippen LogP contribution in [0.4, 0.5) is 4.39 Å². The Morgan fingerprint density at radius 3 is 2.35 bits per heavy atom. The van der Waals surface area contributed by atoms with Crippen molar-refractivity contribution < 1.29 is 12.8 Å². The predicted molar refractivity (Wildman–Crippen MR) is 66.1 cm³/mol. The van der Waals surface area contributed by atoms with Crippen LogP contribution in [0.15, 0.2) is 29.2 Å². The molecule has 0 aliphatic carbocycles. The molecule has 0 amide bonds. The minimum absolute atomic E-state index is 0.370. The predicted octanol–water partition coefficient (Wildman–Crippen LogP) is 2.51. The number of hydrogen-bond donors (Lipinski definition) is 1. The maximum absolute atomic E-state index is 13.4. The van der Waals surface area contributed by atoms with Crippen molar-refractivity contribution in [2.75, 3.05) is 0 Å². The zero-order chi connectivity index (χ0) is 13.3. The van der Waals surface area contributed by atoms with Crippen LogP contribution in [0.2, 0.25) is 0 Å². The van der Waals surface area contributed by atoms with Crippen molar-refractivity contribution in [2.24, 2.45) is 0 Å². The molecule has 1 unspecified atom stereocenters. The first-order valence-corrected chi connectivity index (χ1v) is 7.01. The highest BCUT2D eigenvalue weighted by Gasteiger charge is 2.31. The van der Waals surface area contributed by atoms with Gasteiger partial charge < -0.3 is 0 Å². The van der Waals surface area contributed by atoms with Crippen LogP contribution in [-0.4, -0.2) is 19.3 Å². The van der Waals surface area contributed by atoms with Gasteiger partial charge in [0.2, 0.25) is 10.0 Å². The molecule has 0 heterocycles. The first-order valence-electron chi connectivity index (χ1n) is 5.09. The van der Waals surface area contributed by atoms with E-state index in [1.165, 1.54) is 18.2 Å². The first-order chi connectivity index (χ1) is 7.67. The van der Waals surface area contributed by atoms with E-state index < -0.39 is 26.8 Å². The SMILES string of the molecule is CC(Cl)C(C)(C)NS(=O)(=O)c1ccccc1F. The molecule has 0 radical (unpaired) electrons. The Hall–Kier alpha value is -0.650. The van der Waals surface area contributed by atoms with Crippen LogP contribution in [0.1, 0.15) is 20.8 Å². The lowest BCUT2D eigenvalue weighted by atomic mass is 10.0. The van der Waals surface area contributed by atoms with Crippen LogP contribution in [0.5, 0.6) is 0 Å². The van der Waals surface area contributed by atoms with Gasteiger partial charge in [0.25, 0.3) is 0 Å². The van der Waals surface area contributed by atoms with Crippen molar-refractivity contribution in [1.29, 1.82) is 0 Å². The van der Waals surface area contributed by atoms with Crippen LogP contribution in [0.25, 0.3) is 0 Å². The topological polar surface area (TPSA) is 46.2 Å². The van der Waals surface area contributed by atoms with Gasteiger partial charge in [-0.3, -0.25) is 0 Å². The Kier molecular flexibility index (Phi) is 4.17. The van der Waals surface area contributed by atoms with Crippen LogP contribution in [0.3, 0.4) is 0 Å². The molecule has 17 heavy (non-hydrogen) atoms. The van der Waals surface area contributed by atoms with Crippen LogP contribution in [0, 0.1) is 5.82 Å². The van der Waals surface area contributed by atoms with E-state index in [9.17, 15) is 12.8 Å². The summed E-state index contributed by atoms with van der Waals surface area (Å²) in [5.41, 5.74) is -0.858. The molecule has 0 aliphatic rings. The number of halogens is 2. The second kappa shape index (κ2) is 4.92. The summed E-state index contributed by atoms with van der Waals surface area (Å²) >= 11 is 5.88. The third kappa shape index (κ3) is 3.40. The lowest BCUT2D eigenvalue weighted by Gasteiger charge is -2.28. The highest BCUT2D eigenvalue weighted by Crippen LogP contribution is 2.20. The number of nitrogens with one attached hydrogen (secondary N) is 1. The van der Waals surface area contributed by atoms with Crippen molar-refractivity contribution in [3.63, 3.8) is 0 Å². The van der Waals surface area contributed by atoms with Crippen molar-refractivity contribution >= 4 is 21.6 Å². The normalized spacial score (nSPS) is 14.6. The van der Waals surface area contributed by atoms with Gasteiger partial charge in [-0.15, -0.1) is 11.6 Å². The van der Waals surface area contributed by atoms with Gasteiger partial charge in [0.1, 0.15) is 10.7 Å². The Bertz CT molecular complexity index is 500. The number of alkyl halides is 1. The van der Waals surface area contributed by atoms with Gasteiger partial charge in [0.05, 0.1) is 0 Å². The molecule has 1 atom stereocenters. The molecular weight excluding hydrogens is 265 g/mol. The third-order valence-electron chi connectivity index (χ3n) is 2.52. The molecule has 6 heteroatoms. The number of sulfonamides is 1. The second-order valence-corrected chi connectivity index (χ2v) is 6.68. The quantitative estimate of drug-likeness (QED) is 0.861. The Morgan fingerprint density at radius 1 is 1.35 bits per heavy atom. The van der Waals surface area contributed by atoms with Crippen molar-refractivity contribution in [1.82, 2.24) is 4.72 Å².